The van der Waals surface area contributed by atoms with Gasteiger partial charge in [-0.15, -0.1) is 0 Å². The molecule has 1 atom stereocenters. The van der Waals surface area contributed by atoms with Crippen molar-refractivity contribution in [2.24, 2.45) is 17.8 Å². The molecule has 2 N–H and O–H groups in total. The lowest BCUT2D eigenvalue weighted by Gasteiger charge is -2.28. The molecule has 0 bridgehead atoms. The zero-order chi connectivity index (χ0) is 15.1. The molecule has 1 saturated carbocycles. The lowest BCUT2D eigenvalue weighted by Crippen LogP contribution is -2.37. The van der Waals surface area contributed by atoms with Crippen molar-refractivity contribution in [1.82, 2.24) is 10.6 Å². The Hall–Kier alpha value is -0.830. The van der Waals surface area contributed by atoms with Gasteiger partial charge < -0.3 is 10.6 Å². The Morgan fingerprint density at radius 3 is 2.71 bits per heavy atom. The lowest BCUT2D eigenvalue weighted by atomic mass is 9.79. The molecule has 2 aliphatic rings. The van der Waals surface area contributed by atoms with Crippen LogP contribution in [0.15, 0.2) is 11.6 Å². The molecule has 1 aliphatic heterocycles. The van der Waals surface area contributed by atoms with Gasteiger partial charge in [0.1, 0.15) is 0 Å². The average molecular weight is 292 g/mol. The van der Waals surface area contributed by atoms with E-state index in [1.807, 2.05) is 0 Å². The number of amides is 1. The maximum atomic E-state index is 12.5. The highest BCUT2D eigenvalue weighted by atomic mass is 16.1. The summed E-state index contributed by atoms with van der Waals surface area (Å²) in [6.45, 7) is 7.11. The summed E-state index contributed by atoms with van der Waals surface area (Å²) in [5, 5.41) is 6.50. The Morgan fingerprint density at radius 1 is 1.33 bits per heavy atom. The highest BCUT2D eigenvalue weighted by Crippen LogP contribution is 2.31. The SMILES string of the molecule is CC(C)C(CC1CCCCC1)C(=O)NCC1=CCNCC1. The van der Waals surface area contributed by atoms with E-state index in [2.05, 4.69) is 30.6 Å². The van der Waals surface area contributed by atoms with Gasteiger partial charge in [-0.25, -0.2) is 0 Å². The first-order valence-electron chi connectivity index (χ1n) is 8.83. The average Bonchev–Trinajstić information content (AvgIpc) is 2.52. The molecule has 1 fully saturated rings. The van der Waals surface area contributed by atoms with Gasteiger partial charge in [0.15, 0.2) is 0 Å². The topological polar surface area (TPSA) is 41.1 Å². The molecule has 21 heavy (non-hydrogen) atoms. The Bertz CT molecular complexity index is 356. The predicted molar refractivity (Wildman–Crippen MR) is 88.1 cm³/mol. The molecule has 1 heterocycles. The summed E-state index contributed by atoms with van der Waals surface area (Å²) in [6.07, 6.45) is 11.1. The third-order valence-corrected chi connectivity index (χ3v) is 5.10. The Balaban J connectivity index is 1.81. The molecule has 1 unspecified atom stereocenters. The van der Waals surface area contributed by atoms with Crippen LogP contribution in [0.5, 0.6) is 0 Å². The van der Waals surface area contributed by atoms with E-state index >= 15 is 0 Å². The summed E-state index contributed by atoms with van der Waals surface area (Å²) >= 11 is 0. The monoisotopic (exact) mass is 292 g/mol. The first kappa shape index (κ1) is 16.5. The Kier molecular flexibility index (Phi) is 6.75. The second kappa shape index (κ2) is 8.57. The molecule has 0 radical (unpaired) electrons. The molecule has 1 amide bonds. The van der Waals surface area contributed by atoms with Crippen molar-refractivity contribution in [3.63, 3.8) is 0 Å². The van der Waals surface area contributed by atoms with E-state index in [9.17, 15) is 4.79 Å². The maximum Gasteiger partial charge on any atom is 0.223 e. The van der Waals surface area contributed by atoms with Gasteiger partial charge in [0.25, 0.3) is 0 Å². The van der Waals surface area contributed by atoms with E-state index in [-0.39, 0.29) is 11.8 Å². The minimum absolute atomic E-state index is 0.190. The second-order valence-electron chi connectivity index (χ2n) is 7.12. The summed E-state index contributed by atoms with van der Waals surface area (Å²) in [7, 11) is 0. The van der Waals surface area contributed by atoms with Crippen LogP contribution in [-0.4, -0.2) is 25.5 Å². The molecular weight excluding hydrogens is 260 g/mol. The zero-order valence-corrected chi connectivity index (χ0v) is 13.8. The van der Waals surface area contributed by atoms with Crippen LogP contribution in [0.25, 0.3) is 0 Å². The smallest absolute Gasteiger partial charge is 0.223 e. The molecule has 3 heteroatoms. The lowest BCUT2D eigenvalue weighted by molar-refractivity contribution is -0.126. The summed E-state index contributed by atoms with van der Waals surface area (Å²) in [5.74, 6) is 1.68. The van der Waals surface area contributed by atoms with E-state index < -0.39 is 0 Å². The van der Waals surface area contributed by atoms with Crippen LogP contribution in [0.2, 0.25) is 0 Å². The van der Waals surface area contributed by atoms with Crippen molar-refractivity contribution in [3.8, 4) is 0 Å². The van der Waals surface area contributed by atoms with Crippen LogP contribution < -0.4 is 10.6 Å². The fourth-order valence-corrected chi connectivity index (χ4v) is 3.63. The van der Waals surface area contributed by atoms with Crippen molar-refractivity contribution in [2.45, 2.75) is 58.8 Å². The molecule has 0 aromatic rings. The van der Waals surface area contributed by atoms with Crippen LogP contribution in [0.3, 0.4) is 0 Å². The molecule has 0 spiro atoms. The van der Waals surface area contributed by atoms with Gasteiger partial charge in [-0.1, -0.05) is 57.6 Å². The standard InChI is InChI=1S/C18H32N2O/c1-14(2)17(12-15-6-4-3-5-7-15)18(21)20-13-16-8-10-19-11-9-16/h8,14-15,17,19H,3-7,9-13H2,1-2H3,(H,20,21). The van der Waals surface area contributed by atoms with Gasteiger partial charge in [-0.3, -0.25) is 4.79 Å². The maximum absolute atomic E-state index is 12.5. The van der Waals surface area contributed by atoms with E-state index in [4.69, 9.17) is 0 Å². The molecular formula is C18H32N2O. The molecule has 0 saturated heterocycles. The second-order valence-corrected chi connectivity index (χ2v) is 7.12. The fourth-order valence-electron chi connectivity index (χ4n) is 3.63. The minimum Gasteiger partial charge on any atom is -0.352 e. The van der Waals surface area contributed by atoms with Crippen molar-refractivity contribution in [1.29, 1.82) is 0 Å². The third kappa shape index (κ3) is 5.46. The quantitative estimate of drug-likeness (QED) is 0.738. The van der Waals surface area contributed by atoms with Crippen LogP contribution in [0, 0.1) is 17.8 Å². The molecule has 2 rings (SSSR count). The van der Waals surface area contributed by atoms with Gasteiger partial charge in [-0.2, -0.15) is 0 Å². The summed E-state index contributed by atoms with van der Waals surface area (Å²) in [4.78, 5) is 12.5. The molecule has 0 aromatic carbocycles. The van der Waals surface area contributed by atoms with Gasteiger partial charge in [0.05, 0.1) is 0 Å². The Morgan fingerprint density at radius 2 is 2.10 bits per heavy atom. The molecule has 0 aromatic heterocycles. The number of hydrogen-bond acceptors (Lipinski definition) is 2. The van der Waals surface area contributed by atoms with Crippen LogP contribution in [0.4, 0.5) is 0 Å². The Labute approximate surface area is 130 Å². The van der Waals surface area contributed by atoms with Crippen LogP contribution >= 0.6 is 0 Å². The first-order chi connectivity index (χ1) is 10.2. The van der Waals surface area contributed by atoms with Gasteiger partial charge in [0, 0.05) is 19.0 Å². The van der Waals surface area contributed by atoms with E-state index in [0.29, 0.717) is 5.92 Å². The van der Waals surface area contributed by atoms with Gasteiger partial charge in [-0.05, 0) is 31.2 Å². The largest absolute Gasteiger partial charge is 0.352 e. The fraction of sp³-hybridized carbons (Fsp3) is 0.833. The van der Waals surface area contributed by atoms with Crippen molar-refractivity contribution in [2.75, 3.05) is 19.6 Å². The number of nitrogens with one attached hydrogen (secondary N) is 2. The number of carbonyl (C=O) groups is 1. The van der Waals surface area contributed by atoms with E-state index in [1.54, 1.807) is 0 Å². The number of rotatable bonds is 6. The number of carbonyl (C=O) groups excluding carboxylic acids is 1. The normalized spacial score (nSPS) is 22.0. The number of hydrogen-bond donors (Lipinski definition) is 2. The van der Waals surface area contributed by atoms with Crippen molar-refractivity contribution < 1.29 is 4.79 Å². The summed E-state index contributed by atoms with van der Waals surface area (Å²) in [5.41, 5.74) is 1.38. The van der Waals surface area contributed by atoms with Crippen LogP contribution in [-0.2, 0) is 4.79 Å². The molecule has 120 valence electrons. The van der Waals surface area contributed by atoms with Crippen molar-refractivity contribution in [3.05, 3.63) is 11.6 Å². The van der Waals surface area contributed by atoms with Crippen LogP contribution in [0.1, 0.15) is 58.8 Å². The highest BCUT2D eigenvalue weighted by molar-refractivity contribution is 5.79. The zero-order valence-electron chi connectivity index (χ0n) is 13.8. The predicted octanol–water partition coefficient (Wildman–Crippen LogP) is 3.26. The van der Waals surface area contributed by atoms with E-state index in [0.717, 1.165) is 38.4 Å². The molecule has 3 nitrogen and oxygen atoms in total. The minimum atomic E-state index is 0.190. The molecule has 1 aliphatic carbocycles. The summed E-state index contributed by atoms with van der Waals surface area (Å²) < 4.78 is 0. The van der Waals surface area contributed by atoms with Crippen molar-refractivity contribution >= 4 is 5.91 Å². The van der Waals surface area contributed by atoms with Gasteiger partial charge in [0.2, 0.25) is 5.91 Å². The van der Waals surface area contributed by atoms with E-state index in [1.165, 1.54) is 37.7 Å². The van der Waals surface area contributed by atoms with Gasteiger partial charge >= 0.3 is 0 Å². The highest BCUT2D eigenvalue weighted by Gasteiger charge is 2.26. The summed E-state index contributed by atoms with van der Waals surface area (Å²) in [6, 6.07) is 0. The first-order valence-corrected chi connectivity index (χ1v) is 8.83. The third-order valence-electron chi connectivity index (χ3n) is 5.10.